The van der Waals surface area contributed by atoms with Crippen molar-refractivity contribution in [3.05, 3.63) is 76.6 Å². The lowest BCUT2D eigenvalue weighted by molar-refractivity contribution is -0.139. The molecule has 174 valence electrons. The van der Waals surface area contributed by atoms with E-state index < -0.39 is 5.97 Å². The highest BCUT2D eigenvalue weighted by Crippen LogP contribution is 2.46. The molecule has 0 fully saturated rings. The summed E-state index contributed by atoms with van der Waals surface area (Å²) in [5.41, 5.74) is 5.66. The van der Waals surface area contributed by atoms with Crippen molar-refractivity contribution < 1.29 is 19.1 Å². The van der Waals surface area contributed by atoms with Crippen LogP contribution in [0.15, 0.2) is 59.9 Å². The molecule has 0 aliphatic carbocycles. The van der Waals surface area contributed by atoms with Gasteiger partial charge in [-0.3, -0.25) is 14.5 Å². The van der Waals surface area contributed by atoms with Crippen LogP contribution in [0, 0.1) is 5.92 Å². The third-order valence-corrected chi connectivity index (χ3v) is 6.54. The summed E-state index contributed by atoms with van der Waals surface area (Å²) < 4.78 is 7.08. The van der Waals surface area contributed by atoms with E-state index in [1.165, 1.54) is 18.9 Å². The van der Waals surface area contributed by atoms with E-state index in [0.717, 1.165) is 40.0 Å². The van der Waals surface area contributed by atoms with Crippen LogP contribution in [0.3, 0.4) is 0 Å². The van der Waals surface area contributed by atoms with Gasteiger partial charge in [0.1, 0.15) is 0 Å². The number of imide groups is 1. The molecule has 0 saturated heterocycles. The largest absolute Gasteiger partial charge is 0.465 e. The minimum atomic E-state index is -0.412. The summed E-state index contributed by atoms with van der Waals surface area (Å²) in [6, 6.07) is 13.3. The van der Waals surface area contributed by atoms with Crippen molar-refractivity contribution in [1.29, 1.82) is 0 Å². The molecule has 1 atom stereocenters. The molecule has 34 heavy (non-hydrogen) atoms. The summed E-state index contributed by atoms with van der Waals surface area (Å²) in [6.45, 7) is 6.82. The Morgan fingerprint density at radius 3 is 2.53 bits per heavy atom. The zero-order chi connectivity index (χ0) is 24.1. The second kappa shape index (κ2) is 8.17. The van der Waals surface area contributed by atoms with Crippen molar-refractivity contribution in [2.24, 2.45) is 5.92 Å². The fourth-order valence-electron chi connectivity index (χ4n) is 5.09. The number of benzene rings is 2. The van der Waals surface area contributed by atoms with Crippen LogP contribution in [0.4, 0.5) is 5.69 Å². The number of carbonyl (C=O) groups excluding carboxylic acids is 3. The van der Waals surface area contributed by atoms with E-state index >= 15 is 0 Å². The van der Waals surface area contributed by atoms with Crippen LogP contribution in [0.25, 0.3) is 10.9 Å². The Morgan fingerprint density at radius 2 is 1.88 bits per heavy atom. The van der Waals surface area contributed by atoms with Gasteiger partial charge in [0.05, 0.1) is 30.3 Å². The van der Waals surface area contributed by atoms with Gasteiger partial charge < -0.3 is 14.6 Å². The number of hydrogen-bond acceptors (Lipinski definition) is 5. The molecule has 2 aromatic carbocycles. The lowest BCUT2D eigenvalue weighted by Gasteiger charge is -2.19. The second-order valence-electron chi connectivity index (χ2n) is 9.30. The molecule has 2 amide bonds. The van der Waals surface area contributed by atoms with Crippen molar-refractivity contribution in [1.82, 2.24) is 9.47 Å². The summed E-state index contributed by atoms with van der Waals surface area (Å²) in [6.07, 6.45) is 2.13. The number of rotatable bonds is 4. The predicted molar refractivity (Wildman–Crippen MR) is 129 cm³/mol. The molecule has 0 radical (unpaired) electrons. The average Bonchev–Trinajstić information content (AvgIpc) is 3.28. The number of methoxy groups -OCH3 is 1. The van der Waals surface area contributed by atoms with Gasteiger partial charge >= 0.3 is 5.97 Å². The standard InChI is InChI=1S/C27H27N3O4/c1-15(2)12-29-13-19-23(17-8-10-18(11-9-17)27(33)34-4)25-21(14-30(16(3)31)26(25)32)28-20-6-5-7-22(29)24(19)20/h5-11,13,15,23,28H,12,14H2,1-4H3/t23-/m1/s1. The summed E-state index contributed by atoms with van der Waals surface area (Å²) in [5.74, 6) is -0.919. The van der Waals surface area contributed by atoms with E-state index in [-0.39, 0.29) is 24.3 Å². The Bertz CT molecular complexity index is 1360. The molecule has 2 aliphatic heterocycles. The SMILES string of the molecule is COC(=O)c1ccc([C@H]2C3=C(CN(C(C)=O)C3=O)Nc3cccc4c3c2cn4CC(C)C)cc1. The molecule has 7 nitrogen and oxygen atoms in total. The first-order valence-electron chi connectivity index (χ1n) is 11.4. The molecule has 0 spiro atoms. The Hall–Kier alpha value is -3.87. The molecule has 0 bridgehead atoms. The number of esters is 1. The molecule has 1 N–H and O–H groups in total. The topological polar surface area (TPSA) is 80.6 Å². The molecule has 2 aliphatic rings. The first kappa shape index (κ1) is 21.9. The lowest BCUT2D eigenvalue weighted by atomic mass is 9.84. The van der Waals surface area contributed by atoms with Gasteiger partial charge in [0.2, 0.25) is 5.91 Å². The van der Waals surface area contributed by atoms with Crippen LogP contribution in [0.2, 0.25) is 0 Å². The van der Waals surface area contributed by atoms with E-state index in [2.05, 4.69) is 36.0 Å². The van der Waals surface area contributed by atoms with Crippen molar-refractivity contribution in [3.8, 4) is 0 Å². The maximum Gasteiger partial charge on any atom is 0.337 e. The molecular weight excluding hydrogens is 430 g/mol. The molecule has 1 aromatic heterocycles. The minimum absolute atomic E-state index is 0.215. The first-order valence-corrected chi connectivity index (χ1v) is 11.4. The van der Waals surface area contributed by atoms with Crippen molar-refractivity contribution >= 4 is 34.4 Å². The molecular formula is C27H27N3O4. The highest BCUT2D eigenvalue weighted by atomic mass is 16.5. The number of carbonyl (C=O) groups is 3. The van der Waals surface area contributed by atoms with Crippen molar-refractivity contribution in [2.75, 3.05) is 19.0 Å². The maximum atomic E-state index is 13.5. The fourth-order valence-corrected chi connectivity index (χ4v) is 5.09. The highest BCUT2D eigenvalue weighted by molar-refractivity contribution is 6.11. The Labute approximate surface area is 198 Å². The first-order chi connectivity index (χ1) is 16.3. The number of aromatic nitrogens is 1. The van der Waals surface area contributed by atoms with Gasteiger partial charge in [-0.2, -0.15) is 0 Å². The minimum Gasteiger partial charge on any atom is -0.465 e. The number of ether oxygens (including phenoxy) is 1. The smallest absolute Gasteiger partial charge is 0.337 e. The number of nitrogens with zero attached hydrogens (tertiary/aromatic N) is 2. The van der Waals surface area contributed by atoms with E-state index in [0.29, 0.717) is 17.1 Å². The fraction of sp³-hybridized carbons (Fsp3) is 0.296. The molecule has 3 aromatic rings. The third-order valence-electron chi connectivity index (χ3n) is 6.54. The summed E-state index contributed by atoms with van der Waals surface area (Å²) >= 11 is 0. The number of nitrogens with one attached hydrogen (secondary N) is 1. The van der Waals surface area contributed by atoms with E-state index in [1.807, 2.05) is 24.3 Å². The van der Waals surface area contributed by atoms with Gasteiger partial charge in [0.15, 0.2) is 0 Å². The van der Waals surface area contributed by atoms with Gasteiger partial charge in [0.25, 0.3) is 5.91 Å². The molecule has 5 rings (SSSR count). The summed E-state index contributed by atoms with van der Waals surface area (Å²) in [5, 5.41) is 4.55. The zero-order valence-corrected chi connectivity index (χ0v) is 19.7. The quantitative estimate of drug-likeness (QED) is 0.592. The van der Waals surface area contributed by atoms with Crippen LogP contribution in [0.1, 0.15) is 48.2 Å². The van der Waals surface area contributed by atoms with Crippen LogP contribution < -0.4 is 5.32 Å². The van der Waals surface area contributed by atoms with Crippen LogP contribution in [0.5, 0.6) is 0 Å². The maximum absolute atomic E-state index is 13.5. The molecule has 0 saturated carbocycles. The predicted octanol–water partition coefficient (Wildman–Crippen LogP) is 4.28. The molecule has 7 heteroatoms. The van der Waals surface area contributed by atoms with Crippen molar-refractivity contribution in [3.63, 3.8) is 0 Å². The molecule has 0 unspecified atom stereocenters. The van der Waals surface area contributed by atoms with Gasteiger partial charge in [-0.05, 0) is 41.3 Å². The summed E-state index contributed by atoms with van der Waals surface area (Å²) in [4.78, 5) is 39.0. The average molecular weight is 458 g/mol. The normalized spacial score (nSPS) is 17.1. The van der Waals surface area contributed by atoms with Crippen LogP contribution in [-0.4, -0.2) is 40.9 Å². The number of hydrogen-bond donors (Lipinski definition) is 1. The van der Waals surface area contributed by atoms with Gasteiger partial charge in [-0.1, -0.05) is 32.0 Å². The van der Waals surface area contributed by atoms with E-state index in [1.54, 1.807) is 12.1 Å². The van der Waals surface area contributed by atoms with Crippen molar-refractivity contribution in [2.45, 2.75) is 33.2 Å². The van der Waals surface area contributed by atoms with Crippen LogP contribution >= 0.6 is 0 Å². The van der Waals surface area contributed by atoms with E-state index in [9.17, 15) is 14.4 Å². The Kier molecular flexibility index (Phi) is 5.27. The van der Waals surface area contributed by atoms with E-state index in [4.69, 9.17) is 4.74 Å². The Balaban J connectivity index is 1.75. The van der Waals surface area contributed by atoms with Crippen LogP contribution in [-0.2, 0) is 20.9 Å². The van der Waals surface area contributed by atoms with Gasteiger partial charge in [-0.15, -0.1) is 0 Å². The monoisotopic (exact) mass is 457 g/mol. The van der Waals surface area contributed by atoms with Gasteiger partial charge in [0, 0.05) is 42.4 Å². The Morgan fingerprint density at radius 1 is 1.15 bits per heavy atom. The summed E-state index contributed by atoms with van der Waals surface area (Å²) in [7, 11) is 1.35. The number of anilines is 1. The third kappa shape index (κ3) is 3.39. The second-order valence-corrected chi connectivity index (χ2v) is 9.30. The number of amides is 2. The van der Waals surface area contributed by atoms with Gasteiger partial charge in [-0.25, -0.2) is 4.79 Å². The lowest BCUT2D eigenvalue weighted by Crippen LogP contribution is -2.33. The zero-order valence-electron chi connectivity index (χ0n) is 19.7. The molecule has 3 heterocycles. The highest BCUT2D eigenvalue weighted by Gasteiger charge is 2.41.